The Morgan fingerprint density at radius 3 is 2.96 bits per heavy atom. The molecule has 2 aromatic rings. The molecule has 0 radical (unpaired) electrons. The van der Waals surface area contributed by atoms with Gasteiger partial charge in [-0.25, -0.2) is 9.48 Å². The number of aryl methyl sites for hydroxylation is 2. The molecule has 0 aliphatic carbocycles. The second-order valence-corrected chi connectivity index (χ2v) is 7.44. The fourth-order valence-electron chi connectivity index (χ4n) is 4.46. The van der Waals surface area contributed by atoms with Crippen molar-refractivity contribution in [3.63, 3.8) is 0 Å². The van der Waals surface area contributed by atoms with E-state index in [0.717, 1.165) is 64.1 Å². The Morgan fingerprint density at radius 1 is 1.12 bits per heavy atom. The van der Waals surface area contributed by atoms with Gasteiger partial charge in [0.2, 0.25) is 5.95 Å². The number of carbonyl (C=O) groups is 1. The smallest absolute Gasteiger partial charge is 0.324 e. The Hall–Kier alpha value is -2.57. The number of para-hydroxylation sites is 1. The van der Waals surface area contributed by atoms with E-state index >= 15 is 0 Å². The van der Waals surface area contributed by atoms with Crippen molar-refractivity contribution in [2.45, 2.75) is 44.7 Å². The highest BCUT2D eigenvalue weighted by atomic mass is 16.2. The van der Waals surface area contributed by atoms with Gasteiger partial charge in [-0.3, -0.25) is 5.32 Å². The van der Waals surface area contributed by atoms with Gasteiger partial charge < -0.3 is 9.80 Å². The third-order valence-electron chi connectivity index (χ3n) is 5.73. The van der Waals surface area contributed by atoms with Crippen molar-refractivity contribution in [3.8, 4) is 0 Å². The van der Waals surface area contributed by atoms with Gasteiger partial charge in [0.05, 0.1) is 6.04 Å². The van der Waals surface area contributed by atoms with Crippen LogP contribution >= 0.6 is 0 Å². The standard InChI is InChI=1S/C19H24N6O/c26-19(21-18-20-17-8-3-4-11-25(17)22-18)23-9-5-10-24-15(13-23)12-14-6-1-2-7-16(14)24/h1-2,6-7,15H,3-5,8-13H2,(H,21,22,26). The third-order valence-corrected chi connectivity index (χ3v) is 5.73. The molecule has 26 heavy (non-hydrogen) atoms. The summed E-state index contributed by atoms with van der Waals surface area (Å²) in [5.41, 5.74) is 2.73. The van der Waals surface area contributed by atoms with Crippen LogP contribution in [0.5, 0.6) is 0 Å². The van der Waals surface area contributed by atoms with Gasteiger partial charge in [-0.2, -0.15) is 4.98 Å². The Balaban J connectivity index is 1.29. The van der Waals surface area contributed by atoms with E-state index in [1.807, 2.05) is 9.58 Å². The van der Waals surface area contributed by atoms with Crippen molar-refractivity contribution in [1.82, 2.24) is 19.7 Å². The van der Waals surface area contributed by atoms with Gasteiger partial charge in [-0.15, -0.1) is 5.10 Å². The molecular formula is C19H24N6O. The Morgan fingerprint density at radius 2 is 2.04 bits per heavy atom. The number of amides is 2. The van der Waals surface area contributed by atoms with E-state index in [0.29, 0.717) is 12.0 Å². The Labute approximate surface area is 153 Å². The van der Waals surface area contributed by atoms with Gasteiger partial charge in [0.1, 0.15) is 5.82 Å². The molecule has 1 N–H and O–H groups in total. The molecule has 3 aliphatic rings. The summed E-state index contributed by atoms with van der Waals surface area (Å²) in [5.74, 6) is 1.43. The summed E-state index contributed by atoms with van der Waals surface area (Å²) in [6.07, 6.45) is 5.22. The number of urea groups is 1. The quantitative estimate of drug-likeness (QED) is 0.855. The zero-order valence-corrected chi connectivity index (χ0v) is 14.9. The molecule has 1 atom stereocenters. The summed E-state index contributed by atoms with van der Waals surface area (Å²) in [6, 6.07) is 8.89. The molecule has 1 unspecified atom stereocenters. The highest BCUT2D eigenvalue weighted by molar-refractivity contribution is 5.87. The van der Waals surface area contributed by atoms with Gasteiger partial charge >= 0.3 is 6.03 Å². The number of nitrogens with zero attached hydrogens (tertiary/aromatic N) is 5. The summed E-state index contributed by atoms with van der Waals surface area (Å²) in [6.45, 7) is 3.42. The van der Waals surface area contributed by atoms with Crippen molar-refractivity contribution < 1.29 is 4.79 Å². The van der Waals surface area contributed by atoms with Gasteiger partial charge in [0, 0.05) is 38.3 Å². The van der Waals surface area contributed by atoms with E-state index in [1.165, 1.54) is 11.3 Å². The van der Waals surface area contributed by atoms with Crippen LogP contribution in [-0.2, 0) is 19.4 Å². The molecule has 4 heterocycles. The Bertz CT molecular complexity index is 808. The van der Waals surface area contributed by atoms with Crippen LogP contribution in [0.1, 0.15) is 30.7 Å². The maximum atomic E-state index is 12.8. The number of carbonyl (C=O) groups excluding carboxylic acids is 1. The van der Waals surface area contributed by atoms with Crippen LogP contribution < -0.4 is 10.2 Å². The SMILES string of the molecule is O=C(Nc1nc2n(n1)CCCC2)N1CCCN2c3ccccc3CC2C1. The second-order valence-electron chi connectivity index (χ2n) is 7.44. The largest absolute Gasteiger partial charge is 0.366 e. The normalized spacial score (nSPS) is 21.6. The summed E-state index contributed by atoms with van der Waals surface area (Å²) < 4.78 is 1.93. The van der Waals surface area contributed by atoms with Crippen LogP contribution in [-0.4, -0.2) is 51.4 Å². The van der Waals surface area contributed by atoms with Crippen LogP contribution in [0.25, 0.3) is 0 Å². The average Bonchev–Trinajstić information content (AvgIpc) is 3.14. The zero-order chi connectivity index (χ0) is 17.5. The minimum atomic E-state index is -0.0780. The summed E-state index contributed by atoms with van der Waals surface area (Å²) in [4.78, 5) is 21.7. The predicted molar refractivity (Wildman–Crippen MR) is 99.4 cm³/mol. The highest BCUT2D eigenvalue weighted by Crippen LogP contribution is 2.33. The molecule has 5 rings (SSSR count). The maximum absolute atomic E-state index is 12.8. The lowest BCUT2D eigenvalue weighted by Gasteiger charge is -2.27. The number of benzene rings is 1. The number of nitrogens with one attached hydrogen (secondary N) is 1. The van der Waals surface area contributed by atoms with Gasteiger partial charge in [0.15, 0.2) is 0 Å². The van der Waals surface area contributed by atoms with Crippen molar-refractivity contribution in [2.24, 2.45) is 0 Å². The molecule has 1 fully saturated rings. The van der Waals surface area contributed by atoms with Crippen LogP contribution in [0.4, 0.5) is 16.4 Å². The van der Waals surface area contributed by atoms with Crippen molar-refractivity contribution in [2.75, 3.05) is 29.9 Å². The van der Waals surface area contributed by atoms with E-state index in [-0.39, 0.29) is 6.03 Å². The molecule has 1 saturated heterocycles. The molecule has 2 amide bonds. The minimum Gasteiger partial charge on any atom is -0.366 e. The van der Waals surface area contributed by atoms with E-state index in [9.17, 15) is 4.79 Å². The van der Waals surface area contributed by atoms with E-state index < -0.39 is 0 Å². The van der Waals surface area contributed by atoms with Crippen molar-refractivity contribution >= 4 is 17.7 Å². The highest BCUT2D eigenvalue weighted by Gasteiger charge is 2.33. The second kappa shape index (κ2) is 6.30. The maximum Gasteiger partial charge on any atom is 0.324 e. The molecule has 0 saturated carbocycles. The first-order valence-electron chi connectivity index (χ1n) is 9.62. The molecule has 1 aromatic heterocycles. The molecule has 7 heteroatoms. The average molecular weight is 352 g/mol. The first-order valence-corrected chi connectivity index (χ1v) is 9.62. The monoisotopic (exact) mass is 352 g/mol. The molecule has 136 valence electrons. The lowest BCUT2D eigenvalue weighted by molar-refractivity contribution is 0.211. The number of aromatic nitrogens is 3. The molecule has 1 aromatic carbocycles. The minimum absolute atomic E-state index is 0.0780. The molecule has 0 spiro atoms. The number of hydrogen-bond acceptors (Lipinski definition) is 4. The molecule has 3 aliphatic heterocycles. The van der Waals surface area contributed by atoms with E-state index in [4.69, 9.17) is 0 Å². The Kier molecular flexibility index (Phi) is 3.80. The van der Waals surface area contributed by atoms with Crippen molar-refractivity contribution in [3.05, 3.63) is 35.7 Å². The lowest BCUT2D eigenvalue weighted by Crippen LogP contribution is -2.43. The summed E-state index contributed by atoms with van der Waals surface area (Å²) in [5, 5.41) is 7.37. The lowest BCUT2D eigenvalue weighted by atomic mass is 10.1. The molecular weight excluding hydrogens is 328 g/mol. The number of hydrogen-bond donors (Lipinski definition) is 1. The summed E-state index contributed by atoms with van der Waals surface area (Å²) in [7, 11) is 0. The zero-order valence-electron chi connectivity index (χ0n) is 14.9. The van der Waals surface area contributed by atoms with Crippen molar-refractivity contribution in [1.29, 1.82) is 0 Å². The first kappa shape index (κ1) is 15.7. The number of fused-ring (bicyclic) bond motifs is 4. The van der Waals surface area contributed by atoms with E-state index in [1.54, 1.807) is 0 Å². The van der Waals surface area contributed by atoms with Crippen LogP contribution in [0.3, 0.4) is 0 Å². The van der Waals surface area contributed by atoms with Gasteiger partial charge in [-0.05, 0) is 37.3 Å². The molecule has 7 nitrogen and oxygen atoms in total. The topological polar surface area (TPSA) is 66.3 Å². The fourth-order valence-corrected chi connectivity index (χ4v) is 4.46. The summed E-state index contributed by atoms with van der Waals surface area (Å²) >= 11 is 0. The van der Waals surface area contributed by atoms with Crippen LogP contribution in [0.15, 0.2) is 24.3 Å². The van der Waals surface area contributed by atoms with Gasteiger partial charge in [-0.1, -0.05) is 18.2 Å². The first-order chi connectivity index (χ1) is 12.8. The fraction of sp³-hybridized carbons (Fsp3) is 0.526. The predicted octanol–water partition coefficient (Wildman–Crippen LogP) is 2.28. The van der Waals surface area contributed by atoms with Crippen LogP contribution in [0, 0.1) is 0 Å². The third kappa shape index (κ3) is 2.71. The molecule has 0 bridgehead atoms. The van der Waals surface area contributed by atoms with Crippen LogP contribution in [0.2, 0.25) is 0 Å². The number of anilines is 2. The number of rotatable bonds is 1. The van der Waals surface area contributed by atoms with Gasteiger partial charge in [0.25, 0.3) is 0 Å². The van der Waals surface area contributed by atoms with E-state index in [2.05, 4.69) is 44.6 Å².